The number of rotatable bonds is 7. The van der Waals surface area contributed by atoms with E-state index in [2.05, 4.69) is 10.2 Å². The number of aryl methyl sites for hydroxylation is 4. The third kappa shape index (κ3) is 4.06. The highest BCUT2D eigenvalue weighted by Crippen LogP contribution is 2.40. The molecular formula is C21H31N5O3. The molecular weight excluding hydrogens is 370 g/mol. The van der Waals surface area contributed by atoms with E-state index in [1.54, 1.807) is 4.68 Å². The zero-order chi connectivity index (χ0) is 21.5. The molecule has 0 unspecified atom stereocenters. The van der Waals surface area contributed by atoms with Crippen molar-refractivity contribution in [2.45, 2.75) is 47.6 Å². The highest BCUT2D eigenvalue weighted by Gasteiger charge is 2.45. The van der Waals surface area contributed by atoms with Gasteiger partial charge in [-0.25, -0.2) is 0 Å². The van der Waals surface area contributed by atoms with E-state index in [1.807, 2.05) is 58.3 Å². The van der Waals surface area contributed by atoms with Crippen molar-refractivity contribution in [1.29, 1.82) is 0 Å². The second kappa shape index (κ2) is 8.00. The first-order valence-electron chi connectivity index (χ1n) is 10.1. The van der Waals surface area contributed by atoms with Crippen molar-refractivity contribution in [3.63, 3.8) is 0 Å². The molecule has 1 aliphatic rings. The van der Waals surface area contributed by atoms with Crippen molar-refractivity contribution in [3.05, 3.63) is 33.9 Å². The fourth-order valence-electron chi connectivity index (χ4n) is 3.97. The molecule has 2 atom stereocenters. The van der Waals surface area contributed by atoms with Crippen LogP contribution in [0, 0.1) is 39.5 Å². The third-order valence-electron chi connectivity index (χ3n) is 5.98. The molecule has 1 fully saturated rings. The highest BCUT2D eigenvalue weighted by atomic mass is 16.5. The fourth-order valence-corrected chi connectivity index (χ4v) is 3.97. The van der Waals surface area contributed by atoms with Gasteiger partial charge in [-0.15, -0.1) is 0 Å². The summed E-state index contributed by atoms with van der Waals surface area (Å²) >= 11 is 0. The van der Waals surface area contributed by atoms with Crippen LogP contribution in [0.1, 0.15) is 52.0 Å². The van der Waals surface area contributed by atoms with Gasteiger partial charge in [0.1, 0.15) is 0 Å². The Kier molecular flexibility index (Phi) is 5.82. The molecule has 29 heavy (non-hydrogen) atoms. The van der Waals surface area contributed by atoms with Crippen molar-refractivity contribution in [1.82, 2.24) is 24.5 Å². The molecule has 0 bridgehead atoms. The van der Waals surface area contributed by atoms with Gasteiger partial charge in [0.25, 0.3) is 5.91 Å². The number of carbonyl (C=O) groups is 2. The average Bonchev–Trinajstić information content (AvgIpc) is 3.32. The summed E-state index contributed by atoms with van der Waals surface area (Å²) in [4.78, 5) is 27.4. The van der Waals surface area contributed by atoms with Gasteiger partial charge in [0.05, 0.1) is 29.5 Å². The van der Waals surface area contributed by atoms with E-state index < -0.39 is 0 Å². The number of ether oxygens (including phenoxy) is 1. The zero-order valence-corrected chi connectivity index (χ0v) is 18.4. The van der Waals surface area contributed by atoms with Crippen LogP contribution in [0.4, 0.5) is 0 Å². The van der Waals surface area contributed by atoms with Gasteiger partial charge in [-0.3, -0.25) is 19.0 Å². The van der Waals surface area contributed by atoms with Crippen LogP contribution < -0.4 is 0 Å². The molecule has 8 heteroatoms. The molecule has 0 radical (unpaired) electrons. The first-order chi connectivity index (χ1) is 13.6. The second-order valence-electron chi connectivity index (χ2n) is 7.98. The summed E-state index contributed by atoms with van der Waals surface area (Å²) in [7, 11) is 3.75. The van der Waals surface area contributed by atoms with E-state index >= 15 is 0 Å². The fraction of sp³-hybridized carbons (Fsp3) is 0.619. The van der Waals surface area contributed by atoms with E-state index in [-0.39, 0.29) is 23.7 Å². The zero-order valence-electron chi connectivity index (χ0n) is 18.4. The summed E-state index contributed by atoms with van der Waals surface area (Å²) in [5.74, 6) is -0.192. The molecule has 0 spiro atoms. The smallest absolute Gasteiger partial charge is 0.309 e. The minimum absolute atomic E-state index is 0.0507. The van der Waals surface area contributed by atoms with E-state index in [0.29, 0.717) is 25.3 Å². The molecule has 2 aromatic rings. The van der Waals surface area contributed by atoms with Crippen molar-refractivity contribution in [3.8, 4) is 0 Å². The van der Waals surface area contributed by atoms with E-state index in [1.165, 1.54) is 0 Å². The Morgan fingerprint density at radius 3 is 2.21 bits per heavy atom. The van der Waals surface area contributed by atoms with Gasteiger partial charge in [0.15, 0.2) is 0 Å². The topological polar surface area (TPSA) is 82.2 Å². The first kappa shape index (κ1) is 21.1. The van der Waals surface area contributed by atoms with Gasteiger partial charge in [0, 0.05) is 44.1 Å². The maximum absolute atomic E-state index is 13.5. The normalized spacial score (nSPS) is 18.0. The van der Waals surface area contributed by atoms with E-state index in [4.69, 9.17) is 4.74 Å². The summed E-state index contributed by atoms with van der Waals surface area (Å²) in [6, 6.07) is 0. The molecule has 1 aliphatic carbocycles. The van der Waals surface area contributed by atoms with Crippen molar-refractivity contribution >= 4 is 11.9 Å². The molecule has 0 aromatic carbocycles. The van der Waals surface area contributed by atoms with Gasteiger partial charge in [-0.2, -0.15) is 10.2 Å². The number of nitrogens with zero attached hydrogens (tertiary/aromatic N) is 5. The van der Waals surface area contributed by atoms with Crippen LogP contribution >= 0.6 is 0 Å². The number of esters is 1. The molecule has 1 amide bonds. The van der Waals surface area contributed by atoms with Crippen LogP contribution in [-0.2, 0) is 30.2 Å². The number of hydrogen-bond acceptors (Lipinski definition) is 5. The lowest BCUT2D eigenvalue weighted by molar-refractivity contribution is -0.145. The van der Waals surface area contributed by atoms with E-state index in [9.17, 15) is 9.59 Å². The Bertz CT molecular complexity index is 943. The standard InChI is InChI=1S/C21H31N5O3/c1-8-29-21(28)17-9-16(17)10-26(11-18-12(2)22-24(6)14(18)4)20(27)19-13(3)23-25(7)15(19)5/h16-17H,8-11H2,1-7H3/t16-,17+/m0/s1. The molecule has 8 nitrogen and oxygen atoms in total. The predicted octanol–water partition coefficient (Wildman–Crippen LogP) is 2.23. The molecule has 0 N–H and O–H groups in total. The second-order valence-corrected chi connectivity index (χ2v) is 7.98. The summed E-state index contributed by atoms with van der Waals surface area (Å²) in [6.45, 7) is 10.9. The number of amides is 1. The number of hydrogen-bond donors (Lipinski definition) is 0. The van der Waals surface area contributed by atoms with Crippen LogP contribution in [-0.4, -0.2) is 49.5 Å². The van der Waals surface area contributed by atoms with Crippen LogP contribution in [0.3, 0.4) is 0 Å². The van der Waals surface area contributed by atoms with Gasteiger partial charge >= 0.3 is 5.97 Å². The summed E-state index contributed by atoms with van der Waals surface area (Å²) in [5, 5.41) is 8.89. The lowest BCUT2D eigenvalue weighted by atomic mass is 10.1. The molecule has 0 aliphatic heterocycles. The van der Waals surface area contributed by atoms with Crippen molar-refractivity contribution in [2.75, 3.05) is 13.2 Å². The Morgan fingerprint density at radius 2 is 1.69 bits per heavy atom. The Balaban J connectivity index is 1.87. The summed E-state index contributed by atoms with van der Waals surface area (Å²) in [5.41, 5.74) is 5.21. The largest absolute Gasteiger partial charge is 0.466 e. The Hall–Kier alpha value is -2.64. The van der Waals surface area contributed by atoms with Gasteiger partial charge in [-0.1, -0.05) is 0 Å². The van der Waals surface area contributed by atoms with Crippen LogP contribution in [0.25, 0.3) is 0 Å². The van der Waals surface area contributed by atoms with Crippen LogP contribution in [0.5, 0.6) is 0 Å². The van der Waals surface area contributed by atoms with Crippen LogP contribution in [0.15, 0.2) is 0 Å². The lowest BCUT2D eigenvalue weighted by Crippen LogP contribution is -2.34. The van der Waals surface area contributed by atoms with Gasteiger partial charge in [0.2, 0.25) is 0 Å². The highest BCUT2D eigenvalue weighted by molar-refractivity contribution is 5.96. The summed E-state index contributed by atoms with van der Waals surface area (Å²) in [6.07, 6.45) is 0.763. The van der Waals surface area contributed by atoms with Crippen molar-refractivity contribution in [2.24, 2.45) is 25.9 Å². The minimum Gasteiger partial charge on any atom is -0.466 e. The quantitative estimate of drug-likeness (QED) is 0.665. The Labute approximate surface area is 171 Å². The number of carbonyl (C=O) groups excluding carboxylic acids is 2. The molecule has 3 rings (SSSR count). The third-order valence-corrected chi connectivity index (χ3v) is 5.98. The van der Waals surface area contributed by atoms with E-state index in [0.717, 1.165) is 34.8 Å². The molecule has 158 valence electrons. The average molecular weight is 402 g/mol. The first-order valence-corrected chi connectivity index (χ1v) is 10.1. The maximum Gasteiger partial charge on any atom is 0.309 e. The SMILES string of the molecule is CCOC(=O)[C@@H]1C[C@H]1CN(Cc1c(C)nn(C)c1C)C(=O)c1c(C)nn(C)c1C. The Morgan fingerprint density at radius 1 is 1.07 bits per heavy atom. The summed E-state index contributed by atoms with van der Waals surface area (Å²) < 4.78 is 8.73. The molecule has 2 heterocycles. The predicted molar refractivity (Wildman–Crippen MR) is 108 cm³/mol. The van der Waals surface area contributed by atoms with Gasteiger partial charge < -0.3 is 9.64 Å². The molecule has 1 saturated carbocycles. The number of aromatic nitrogens is 4. The monoisotopic (exact) mass is 401 g/mol. The van der Waals surface area contributed by atoms with Crippen LogP contribution in [0.2, 0.25) is 0 Å². The van der Waals surface area contributed by atoms with Gasteiger partial charge in [-0.05, 0) is 47.0 Å². The minimum atomic E-state index is -0.160. The molecule has 2 aromatic heterocycles. The van der Waals surface area contributed by atoms with Crippen molar-refractivity contribution < 1.29 is 14.3 Å². The molecule has 0 saturated heterocycles. The lowest BCUT2D eigenvalue weighted by Gasteiger charge is -2.23. The maximum atomic E-state index is 13.5.